The number of anilines is 2. The first kappa shape index (κ1) is 13.4. The van der Waals surface area contributed by atoms with E-state index in [0.717, 1.165) is 30.9 Å². The number of benzene rings is 1. The van der Waals surface area contributed by atoms with Gasteiger partial charge in [-0.25, -0.2) is 0 Å². The summed E-state index contributed by atoms with van der Waals surface area (Å²) in [6.45, 7) is 3.81. The predicted molar refractivity (Wildman–Crippen MR) is 70.0 cm³/mol. The van der Waals surface area contributed by atoms with Crippen LogP contribution in [0, 0.1) is 0 Å². The molecule has 0 fully saturated rings. The van der Waals surface area contributed by atoms with E-state index in [-0.39, 0.29) is 5.97 Å². The fourth-order valence-electron chi connectivity index (χ4n) is 1.71. The van der Waals surface area contributed by atoms with Gasteiger partial charge in [0.15, 0.2) is 0 Å². The van der Waals surface area contributed by atoms with Gasteiger partial charge < -0.3 is 15.4 Å². The van der Waals surface area contributed by atoms with Gasteiger partial charge in [-0.15, -0.1) is 0 Å². The molecule has 0 aromatic heterocycles. The molecule has 94 valence electrons. The molecule has 1 rings (SSSR count). The normalized spacial score (nSPS) is 10.0. The highest BCUT2D eigenvalue weighted by Gasteiger charge is 2.06. The van der Waals surface area contributed by atoms with E-state index in [1.54, 1.807) is 0 Å². The number of nitrogens with two attached hydrogens (primary N) is 1. The van der Waals surface area contributed by atoms with Crippen LogP contribution >= 0.6 is 0 Å². The van der Waals surface area contributed by atoms with Crippen molar-refractivity contribution >= 4 is 17.3 Å². The van der Waals surface area contributed by atoms with Crippen molar-refractivity contribution in [1.82, 2.24) is 0 Å². The summed E-state index contributed by atoms with van der Waals surface area (Å²) in [6.07, 6.45) is 1.24. The van der Waals surface area contributed by atoms with Gasteiger partial charge in [0.25, 0.3) is 0 Å². The molecule has 0 unspecified atom stereocenters. The third-order valence-corrected chi connectivity index (χ3v) is 2.65. The summed E-state index contributed by atoms with van der Waals surface area (Å²) in [4.78, 5) is 13.2. The van der Waals surface area contributed by atoms with Crippen LogP contribution in [0.25, 0.3) is 0 Å². The quantitative estimate of drug-likeness (QED) is 0.606. The van der Waals surface area contributed by atoms with E-state index in [9.17, 15) is 4.79 Å². The largest absolute Gasteiger partial charge is 0.469 e. The number of methoxy groups -OCH3 is 1. The van der Waals surface area contributed by atoms with E-state index in [1.807, 2.05) is 24.3 Å². The maximum atomic E-state index is 11.0. The number of nitrogen functional groups attached to an aromatic ring is 1. The summed E-state index contributed by atoms with van der Waals surface area (Å²) in [7, 11) is 1.41. The lowest BCUT2D eigenvalue weighted by molar-refractivity contribution is -0.140. The average molecular weight is 236 g/mol. The fraction of sp³-hybridized carbons (Fsp3) is 0.462. The minimum Gasteiger partial charge on any atom is -0.469 e. The number of hydrogen-bond acceptors (Lipinski definition) is 4. The lowest BCUT2D eigenvalue weighted by Gasteiger charge is -2.23. The molecule has 17 heavy (non-hydrogen) atoms. The molecule has 4 nitrogen and oxygen atoms in total. The van der Waals surface area contributed by atoms with Crippen LogP contribution in [0.2, 0.25) is 0 Å². The molecule has 0 aliphatic rings. The Bertz CT molecular complexity index is 366. The zero-order valence-electron chi connectivity index (χ0n) is 10.5. The maximum Gasteiger partial charge on any atom is 0.305 e. The molecule has 0 spiro atoms. The zero-order chi connectivity index (χ0) is 12.7. The Morgan fingerprint density at radius 1 is 1.47 bits per heavy atom. The number of ether oxygens (including phenoxy) is 1. The summed E-state index contributed by atoms with van der Waals surface area (Å²) in [5, 5.41) is 0. The molecule has 4 heteroatoms. The monoisotopic (exact) mass is 236 g/mol. The Morgan fingerprint density at radius 3 is 2.82 bits per heavy atom. The molecule has 1 aromatic rings. The highest BCUT2D eigenvalue weighted by molar-refractivity contribution is 5.69. The number of hydrogen-bond donors (Lipinski definition) is 1. The number of nitrogens with zero attached hydrogens (tertiary/aromatic N) is 1. The van der Waals surface area contributed by atoms with Gasteiger partial charge in [0.2, 0.25) is 0 Å². The second kappa shape index (κ2) is 6.78. The van der Waals surface area contributed by atoms with Crippen molar-refractivity contribution in [2.75, 3.05) is 30.8 Å². The third-order valence-electron chi connectivity index (χ3n) is 2.65. The number of carbonyl (C=O) groups is 1. The van der Waals surface area contributed by atoms with Crippen LogP contribution in [0.5, 0.6) is 0 Å². The van der Waals surface area contributed by atoms with Crippen LogP contribution in [0.4, 0.5) is 11.4 Å². The van der Waals surface area contributed by atoms with Gasteiger partial charge in [-0.05, 0) is 31.5 Å². The van der Waals surface area contributed by atoms with Crippen LogP contribution in [0.1, 0.15) is 19.8 Å². The number of rotatable bonds is 6. The average Bonchev–Trinajstić information content (AvgIpc) is 2.34. The van der Waals surface area contributed by atoms with E-state index < -0.39 is 0 Å². The molecule has 0 radical (unpaired) electrons. The molecule has 0 bridgehead atoms. The van der Waals surface area contributed by atoms with Crippen LogP contribution in [0.15, 0.2) is 24.3 Å². The van der Waals surface area contributed by atoms with Gasteiger partial charge in [-0.2, -0.15) is 0 Å². The smallest absolute Gasteiger partial charge is 0.305 e. The van der Waals surface area contributed by atoms with E-state index >= 15 is 0 Å². The van der Waals surface area contributed by atoms with Crippen molar-refractivity contribution in [3.05, 3.63) is 24.3 Å². The Labute approximate surface area is 102 Å². The first-order chi connectivity index (χ1) is 8.17. The van der Waals surface area contributed by atoms with Crippen molar-refractivity contribution < 1.29 is 9.53 Å². The second-order valence-corrected chi connectivity index (χ2v) is 3.85. The van der Waals surface area contributed by atoms with E-state index in [0.29, 0.717) is 6.42 Å². The van der Waals surface area contributed by atoms with Crippen molar-refractivity contribution in [3.63, 3.8) is 0 Å². The molecular weight excluding hydrogens is 216 g/mol. The fourth-order valence-corrected chi connectivity index (χ4v) is 1.71. The van der Waals surface area contributed by atoms with Gasteiger partial charge in [0, 0.05) is 30.9 Å². The summed E-state index contributed by atoms with van der Waals surface area (Å²) in [5.74, 6) is -0.159. The van der Waals surface area contributed by atoms with Gasteiger partial charge in [-0.3, -0.25) is 4.79 Å². The predicted octanol–water partition coefficient (Wildman–Crippen LogP) is 2.05. The molecule has 0 saturated heterocycles. The third kappa shape index (κ3) is 4.34. The van der Waals surface area contributed by atoms with Crippen LogP contribution in [-0.2, 0) is 9.53 Å². The van der Waals surface area contributed by atoms with Gasteiger partial charge in [0.1, 0.15) is 0 Å². The van der Waals surface area contributed by atoms with E-state index in [4.69, 9.17) is 5.73 Å². The maximum absolute atomic E-state index is 11.0. The first-order valence-electron chi connectivity index (χ1n) is 5.84. The first-order valence-corrected chi connectivity index (χ1v) is 5.84. The Morgan fingerprint density at radius 2 is 2.24 bits per heavy atom. The Kier molecular flexibility index (Phi) is 5.33. The molecule has 0 atom stereocenters. The van der Waals surface area contributed by atoms with Gasteiger partial charge in [0.05, 0.1) is 7.11 Å². The molecule has 0 aliphatic heterocycles. The Balaban J connectivity index is 2.51. The van der Waals surface area contributed by atoms with E-state index in [1.165, 1.54) is 7.11 Å². The van der Waals surface area contributed by atoms with Crippen LogP contribution in [-0.4, -0.2) is 26.2 Å². The van der Waals surface area contributed by atoms with Crippen LogP contribution < -0.4 is 10.6 Å². The summed E-state index contributed by atoms with van der Waals surface area (Å²) in [6, 6.07) is 7.78. The van der Waals surface area contributed by atoms with Gasteiger partial charge >= 0.3 is 5.97 Å². The molecule has 1 aromatic carbocycles. The molecule has 0 saturated carbocycles. The minimum atomic E-state index is -0.159. The standard InChI is InChI=1S/C13H20N2O2/c1-3-15(9-5-8-13(16)17-2)12-7-4-6-11(14)10-12/h4,6-7,10H,3,5,8-9,14H2,1-2H3. The SMILES string of the molecule is CCN(CCCC(=O)OC)c1cccc(N)c1. The molecule has 2 N–H and O–H groups in total. The molecule has 0 aliphatic carbocycles. The lowest BCUT2D eigenvalue weighted by Crippen LogP contribution is -2.24. The molecular formula is C13H20N2O2. The highest BCUT2D eigenvalue weighted by atomic mass is 16.5. The second-order valence-electron chi connectivity index (χ2n) is 3.85. The number of carbonyl (C=O) groups excluding carboxylic acids is 1. The topological polar surface area (TPSA) is 55.6 Å². The van der Waals surface area contributed by atoms with Crippen molar-refractivity contribution in [1.29, 1.82) is 0 Å². The molecule has 0 amide bonds. The van der Waals surface area contributed by atoms with Crippen LogP contribution in [0.3, 0.4) is 0 Å². The molecule has 0 heterocycles. The van der Waals surface area contributed by atoms with E-state index in [2.05, 4.69) is 16.6 Å². The minimum absolute atomic E-state index is 0.159. The van der Waals surface area contributed by atoms with Gasteiger partial charge in [-0.1, -0.05) is 6.07 Å². The zero-order valence-corrected chi connectivity index (χ0v) is 10.5. The summed E-state index contributed by atoms with van der Waals surface area (Å²) >= 11 is 0. The van der Waals surface area contributed by atoms with Crippen molar-refractivity contribution in [2.45, 2.75) is 19.8 Å². The summed E-state index contributed by atoms with van der Waals surface area (Å²) < 4.78 is 4.61. The number of esters is 1. The van der Waals surface area contributed by atoms with Crippen molar-refractivity contribution in [3.8, 4) is 0 Å². The Hall–Kier alpha value is -1.71. The summed E-state index contributed by atoms with van der Waals surface area (Å²) in [5.41, 5.74) is 7.60. The van der Waals surface area contributed by atoms with Crippen molar-refractivity contribution in [2.24, 2.45) is 0 Å². The highest BCUT2D eigenvalue weighted by Crippen LogP contribution is 2.17. The lowest BCUT2D eigenvalue weighted by atomic mass is 10.2.